The second kappa shape index (κ2) is 8.02. The number of hydrogen-bond acceptors (Lipinski definition) is 3. The molecule has 2 atom stereocenters. The number of likely N-dealkylation sites (tertiary alicyclic amines) is 1. The molecule has 0 aliphatic carbocycles. The number of halogens is 1. The van der Waals surface area contributed by atoms with Gasteiger partial charge in [-0.1, -0.05) is 31.0 Å². The minimum atomic E-state index is 0.143. The maximum absolute atomic E-state index is 6.44. The smallest absolute Gasteiger partial charge is 0.125 e. The fraction of sp³-hybridized carbons (Fsp3) is 0.647. The summed E-state index contributed by atoms with van der Waals surface area (Å²) in [7, 11) is 1.69. The van der Waals surface area contributed by atoms with E-state index in [2.05, 4.69) is 11.8 Å². The maximum Gasteiger partial charge on any atom is 0.125 e. The number of hydrogen-bond donors (Lipinski definition) is 1. The van der Waals surface area contributed by atoms with Gasteiger partial charge in [0.05, 0.1) is 13.2 Å². The molecular weight excluding hydrogens is 284 g/mol. The summed E-state index contributed by atoms with van der Waals surface area (Å²) in [5.74, 6) is 1.69. The van der Waals surface area contributed by atoms with E-state index in [0.29, 0.717) is 6.54 Å². The van der Waals surface area contributed by atoms with Crippen molar-refractivity contribution >= 4 is 11.6 Å². The highest BCUT2D eigenvalue weighted by Gasteiger charge is 2.26. The number of methoxy groups -OCH3 is 1. The van der Waals surface area contributed by atoms with Gasteiger partial charge in [-0.25, -0.2) is 0 Å². The van der Waals surface area contributed by atoms with Crippen LogP contribution in [0.3, 0.4) is 0 Å². The van der Waals surface area contributed by atoms with Crippen LogP contribution in [0.2, 0.25) is 5.02 Å². The summed E-state index contributed by atoms with van der Waals surface area (Å²) in [4.78, 5) is 2.49. The quantitative estimate of drug-likeness (QED) is 0.897. The molecule has 1 aromatic rings. The minimum absolute atomic E-state index is 0.143. The molecule has 4 heteroatoms. The second-order valence-electron chi connectivity index (χ2n) is 5.85. The Morgan fingerprint density at radius 3 is 2.86 bits per heavy atom. The third kappa shape index (κ3) is 3.91. The third-order valence-electron chi connectivity index (χ3n) is 4.69. The average molecular weight is 311 g/mol. The summed E-state index contributed by atoms with van der Waals surface area (Å²) in [6, 6.07) is 5.96. The molecular formula is C17H27ClN2O. The molecule has 1 fully saturated rings. The largest absolute Gasteiger partial charge is 0.496 e. The number of benzene rings is 1. The van der Waals surface area contributed by atoms with Crippen LogP contribution in [0, 0.1) is 5.92 Å². The van der Waals surface area contributed by atoms with E-state index in [1.165, 1.54) is 25.7 Å². The molecule has 1 saturated heterocycles. The average Bonchev–Trinajstić information content (AvgIpc) is 2.75. The molecule has 0 saturated carbocycles. The van der Waals surface area contributed by atoms with Crippen LogP contribution >= 0.6 is 11.6 Å². The van der Waals surface area contributed by atoms with Crippen LogP contribution < -0.4 is 10.5 Å². The zero-order chi connectivity index (χ0) is 15.2. The Balaban J connectivity index is 2.23. The maximum atomic E-state index is 6.44. The van der Waals surface area contributed by atoms with Crippen molar-refractivity contribution in [3.05, 3.63) is 28.8 Å². The van der Waals surface area contributed by atoms with Crippen molar-refractivity contribution in [1.29, 1.82) is 0 Å². The molecule has 3 nitrogen and oxygen atoms in total. The zero-order valence-corrected chi connectivity index (χ0v) is 13.9. The van der Waals surface area contributed by atoms with Crippen LogP contribution in [-0.4, -0.2) is 31.6 Å². The molecule has 1 aliphatic heterocycles. The van der Waals surface area contributed by atoms with Gasteiger partial charge in [0.1, 0.15) is 5.75 Å². The number of rotatable bonds is 5. The molecule has 0 radical (unpaired) electrons. The van der Waals surface area contributed by atoms with Gasteiger partial charge < -0.3 is 10.5 Å². The summed E-state index contributed by atoms with van der Waals surface area (Å²) in [6.45, 7) is 5.04. The highest BCUT2D eigenvalue weighted by molar-refractivity contribution is 6.31. The lowest BCUT2D eigenvalue weighted by Gasteiger charge is -2.31. The molecule has 1 aromatic carbocycles. The van der Waals surface area contributed by atoms with E-state index in [4.69, 9.17) is 22.1 Å². The normalized spacial score (nSPS) is 21.8. The number of ether oxygens (including phenoxy) is 1. The van der Waals surface area contributed by atoms with Crippen molar-refractivity contribution in [2.45, 2.75) is 38.6 Å². The predicted molar refractivity (Wildman–Crippen MR) is 89.0 cm³/mol. The Hall–Kier alpha value is -0.770. The first-order chi connectivity index (χ1) is 10.2. The Bertz CT molecular complexity index is 452. The molecule has 0 bridgehead atoms. The van der Waals surface area contributed by atoms with E-state index in [1.807, 2.05) is 18.2 Å². The first-order valence-corrected chi connectivity index (χ1v) is 8.35. The van der Waals surface area contributed by atoms with Gasteiger partial charge in [0.15, 0.2) is 0 Å². The Morgan fingerprint density at radius 2 is 2.19 bits per heavy atom. The lowest BCUT2D eigenvalue weighted by Crippen LogP contribution is -2.35. The van der Waals surface area contributed by atoms with E-state index in [1.54, 1.807) is 7.11 Å². The van der Waals surface area contributed by atoms with Crippen LogP contribution in [0.1, 0.15) is 44.2 Å². The monoisotopic (exact) mass is 310 g/mol. The van der Waals surface area contributed by atoms with Gasteiger partial charge in [0.25, 0.3) is 0 Å². The van der Waals surface area contributed by atoms with Gasteiger partial charge in [-0.05, 0) is 50.4 Å². The Kier molecular flexibility index (Phi) is 6.34. The summed E-state index contributed by atoms with van der Waals surface area (Å²) < 4.78 is 5.51. The van der Waals surface area contributed by atoms with Gasteiger partial charge in [-0.15, -0.1) is 0 Å². The van der Waals surface area contributed by atoms with Gasteiger partial charge >= 0.3 is 0 Å². The van der Waals surface area contributed by atoms with E-state index in [9.17, 15) is 0 Å². The SMILES string of the molecule is CCC1CCCN(C(CN)c2c(Cl)cccc2OC)CC1. The van der Waals surface area contributed by atoms with Crippen LogP contribution in [0.4, 0.5) is 0 Å². The highest BCUT2D eigenvalue weighted by atomic mass is 35.5. The summed E-state index contributed by atoms with van der Waals surface area (Å²) in [5, 5.41) is 0.751. The van der Waals surface area contributed by atoms with E-state index < -0.39 is 0 Å². The molecule has 2 rings (SSSR count). The second-order valence-corrected chi connectivity index (χ2v) is 6.26. The summed E-state index contributed by atoms with van der Waals surface area (Å²) >= 11 is 6.44. The number of nitrogens with zero attached hydrogens (tertiary/aromatic N) is 1. The zero-order valence-electron chi connectivity index (χ0n) is 13.1. The topological polar surface area (TPSA) is 38.5 Å². The molecule has 21 heavy (non-hydrogen) atoms. The minimum Gasteiger partial charge on any atom is -0.496 e. The predicted octanol–water partition coefficient (Wildman–Crippen LogP) is 3.86. The number of nitrogens with two attached hydrogens (primary N) is 1. The molecule has 1 heterocycles. The Morgan fingerprint density at radius 1 is 1.38 bits per heavy atom. The fourth-order valence-electron chi connectivity index (χ4n) is 3.38. The first kappa shape index (κ1) is 16.6. The Labute approximate surface area is 133 Å². The van der Waals surface area contributed by atoms with Crippen molar-refractivity contribution in [3.8, 4) is 5.75 Å². The molecule has 0 spiro atoms. The molecule has 2 N–H and O–H groups in total. The van der Waals surface area contributed by atoms with Crippen molar-refractivity contribution in [3.63, 3.8) is 0 Å². The molecule has 2 unspecified atom stereocenters. The van der Waals surface area contributed by atoms with Crippen molar-refractivity contribution in [2.24, 2.45) is 11.7 Å². The highest BCUT2D eigenvalue weighted by Crippen LogP contribution is 2.36. The van der Waals surface area contributed by atoms with Crippen LogP contribution in [-0.2, 0) is 0 Å². The summed E-state index contributed by atoms with van der Waals surface area (Å²) in [6.07, 6.45) is 5.09. The van der Waals surface area contributed by atoms with E-state index in [0.717, 1.165) is 35.3 Å². The van der Waals surface area contributed by atoms with Gasteiger partial charge in [0.2, 0.25) is 0 Å². The lowest BCUT2D eigenvalue weighted by atomic mass is 9.98. The fourth-order valence-corrected chi connectivity index (χ4v) is 3.67. The van der Waals surface area contributed by atoms with Gasteiger partial charge in [0, 0.05) is 17.1 Å². The standard InChI is InChI=1S/C17H27ClN2O/c1-3-13-6-5-10-20(11-9-13)15(12-19)17-14(18)7-4-8-16(17)21-2/h4,7-8,13,15H,3,5-6,9-12,19H2,1-2H3. The third-order valence-corrected chi connectivity index (χ3v) is 5.02. The van der Waals surface area contributed by atoms with E-state index in [-0.39, 0.29) is 6.04 Å². The van der Waals surface area contributed by atoms with Crippen molar-refractivity contribution < 1.29 is 4.74 Å². The van der Waals surface area contributed by atoms with Gasteiger partial charge in [-0.3, -0.25) is 4.90 Å². The van der Waals surface area contributed by atoms with Crippen LogP contribution in [0.15, 0.2) is 18.2 Å². The van der Waals surface area contributed by atoms with Crippen LogP contribution in [0.5, 0.6) is 5.75 Å². The van der Waals surface area contributed by atoms with Crippen molar-refractivity contribution in [1.82, 2.24) is 4.90 Å². The lowest BCUT2D eigenvalue weighted by molar-refractivity contribution is 0.203. The van der Waals surface area contributed by atoms with Gasteiger partial charge in [-0.2, -0.15) is 0 Å². The summed E-state index contributed by atoms with van der Waals surface area (Å²) in [5.41, 5.74) is 7.13. The first-order valence-electron chi connectivity index (χ1n) is 7.97. The molecule has 118 valence electrons. The molecule has 0 amide bonds. The van der Waals surface area contributed by atoms with E-state index >= 15 is 0 Å². The van der Waals surface area contributed by atoms with Crippen LogP contribution in [0.25, 0.3) is 0 Å². The van der Waals surface area contributed by atoms with Crippen molar-refractivity contribution in [2.75, 3.05) is 26.7 Å². The molecule has 1 aliphatic rings. The molecule has 0 aromatic heterocycles.